The summed E-state index contributed by atoms with van der Waals surface area (Å²) in [5.74, 6) is -2.55. The first-order valence-corrected chi connectivity index (χ1v) is 19.2. The summed E-state index contributed by atoms with van der Waals surface area (Å²) >= 11 is 0. The Morgan fingerprint density at radius 2 is 1.00 bits per heavy atom. The number of hydrogen-bond acceptors (Lipinski definition) is 0. The molecule has 0 aliphatic heterocycles. The molecule has 4 heteroatoms. The maximum absolute atomic E-state index is 15.6. The maximum atomic E-state index is 15.6. The molecule has 2 atom stereocenters. The summed E-state index contributed by atoms with van der Waals surface area (Å²) in [5.41, 5.74) is 11.8. The fourth-order valence-electron chi connectivity index (χ4n) is 9.95. The maximum Gasteiger partial charge on any atom is 0.134 e. The van der Waals surface area contributed by atoms with Gasteiger partial charge in [0, 0.05) is 17.4 Å². The zero-order chi connectivity index (χ0) is 38.4. The molecular formula is C53H32F4. The van der Waals surface area contributed by atoms with Gasteiger partial charge in [-0.25, -0.2) is 17.6 Å². The van der Waals surface area contributed by atoms with Crippen LogP contribution >= 0.6 is 0 Å². The topological polar surface area (TPSA) is 0 Å². The molecule has 0 radical (unpaired) electrons. The Morgan fingerprint density at radius 1 is 0.421 bits per heavy atom. The highest BCUT2D eigenvalue weighted by Gasteiger charge is 2.37. The van der Waals surface area contributed by atoms with E-state index in [4.69, 9.17) is 0 Å². The van der Waals surface area contributed by atoms with Crippen molar-refractivity contribution in [1.82, 2.24) is 0 Å². The summed E-state index contributed by atoms with van der Waals surface area (Å²) in [4.78, 5) is 0. The number of benzene rings is 8. The SMILES string of the molecule is Fc1cccc(F)c1C1=C2C=CC=CC2C(c2ccc3c(c2)Cc2cccc(-c4c5ccccc5c(-c5c(F)cccc5F)c5ccccc45)c2-3)c2ccccc21. The monoisotopic (exact) mass is 744 g/mol. The lowest BCUT2D eigenvalue weighted by Crippen LogP contribution is -2.23. The minimum absolute atomic E-state index is 0.00685. The molecule has 0 amide bonds. The standard InChI is InChI=1S/C53H32F4/c54-43-22-10-23-44(55)52(43)50-38-17-5-1-13-34(38)48(35-14-2-6-18-39(35)50)31-26-27-33-32(29-31)28-30-12-9-21-42(47(30)33)49-36-15-3-7-19-40(36)51(41-20-8-4-16-37(41)49)53-45(56)24-11-25-46(53)57/h1-27,29,34,48H,28H2. The van der Waals surface area contributed by atoms with Crippen LogP contribution in [0.1, 0.15) is 39.3 Å². The molecule has 0 bridgehead atoms. The van der Waals surface area contributed by atoms with Crippen molar-refractivity contribution in [2.75, 3.05) is 0 Å². The van der Waals surface area contributed by atoms with Gasteiger partial charge in [0.1, 0.15) is 23.3 Å². The van der Waals surface area contributed by atoms with Gasteiger partial charge in [-0.1, -0.05) is 146 Å². The normalized spacial score (nSPS) is 16.5. The molecule has 0 nitrogen and oxygen atoms in total. The van der Waals surface area contributed by atoms with E-state index in [2.05, 4.69) is 60.7 Å². The van der Waals surface area contributed by atoms with E-state index < -0.39 is 23.3 Å². The molecule has 0 aromatic heterocycles. The van der Waals surface area contributed by atoms with Gasteiger partial charge in [0.2, 0.25) is 0 Å². The molecular weight excluding hydrogens is 713 g/mol. The average molecular weight is 745 g/mol. The lowest BCUT2D eigenvalue weighted by atomic mass is 9.66. The minimum atomic E-state index is -0.595. The molecule has 3 aliphatic carbocycles. The third-order valence-electron chi connectivity index (χ3n) is 12.2. The molecule has 0 heterocycles. The number of halogens is 4. The second-order valence-corrected chi connectivity index (χ2v) is 15.1. The number of rotatable bonds is 4. The third-order valence-corrected chi connectivity index (χ3v) is 12.2. The highest BCUT2D eigenvalue weighted by molar-refractivity contribution is 6.22. The van der Waals surface area contributed by atoms with Gasteiger partial charge in [0.15, 0.2) is 0 Å². The van der Waals surface area contributed by atoms with E-state index in [9.17, 15) is 0 Å². The van der Waals surface area contributed by atoms with Gasteiger partial charge in [-0.15, -0.1) is 0 Å². The van der Waals surface area contributed by atoms with Gasteiger partial charge in [-0.05, 0) is 113 Å². The highest BCUT2D eigenvalue weighted by atomic mass is 19.1. The van der Waals surface area contributed by atoms with Crippen LogP contribution in [0.5, 0.6) is 0 Å². The first kappa shape index (κ1) is 33.5. The van der Waals surface area contributed by atoms with Crippen molar-refractivity contribution in [2.45, 2.75) is 12.3 Å². The molecule has 0 fully saturated rings. The molecule has 272 valence electrons. The van der Waals surface area contributed by atoms with E-state index >= 15 is 17.6 Å². The molecule has 11 rings (SSSR count). The summed E-state index contributed by atoms with van der Waals surface area (Å²) in [6.07, 6.45) is 8.88. The van der Waals surface area contributed by atoms with Crippen molar-refractivity contribution in [2.24, 2.45) is 5.92 Å². The number of fused-ring (bicyclic) bond motifs is 7. The Balaban J connectivity index is 1.09. The lowest BCUT2D eigenvalue weighted by molar-refractivity contribution is 0.574. The van der Waals surface area contributed by atoms with Crippen molar-refractivity contribution >= 4 is 27.1 Å². The molecule has 0 saturated carbocycles. The first-order valence-electron chi connectivity index (χ1n) is 19.2. The largest absolute Gasteiger partial charge is 0.206 e. The van der Waals surface area contributed by atoms with Crippen LogP contribution in [0.3, 0.4) is 0 Å². The van der Waals surface area contributed by atoms with E-state index in [0.29, 0.717) is 11.1 Å². The van der Waals surface area contributed by atoms with Crippen LogP contribution < -0.4 is 0 Å². The van der Waals surface area contributed by atoms with Crippen LogP contribution in [0, 0.1) is 29.2 Å². The van der Waals surface area contributed by atoms with Crippen LogP contribution in [0.15, 0.2) is 175 Å². The van der Waals surface area contributed by atoms with Crippen LogP contribution in [-0.4, -0.2) is 0 Å². The third kappa shape index (κ3) is 5.00. The van der Waals surface area contributed by atoms with Crippen LogP contribution in [0.4, 0.5) is 17.6 Å². The van der Waals surface area contributed by atoms with Crippen molar-refractivity contribution in [3.05, 3.63) is 232 Å². The Kier molecular flexibility index (Phi) is 7.59. The Morgan fingerprint density at radius 3 is 1.68 bits per heavy atom. The predicted octanol–water partition coefficient (Wildman–Crippen LogP) is 14.1. The first-order chi connectivity index (χ1) is 28.0. The fourth-order valence-corrected chi connectivity index (χ4v) is 9.95. The average Bonchev–Trinajstić information content (AvgIpc) is 3.61. The van der Waals surface area contributed by atoms with Crippen molar-refractivity contribution in [3.8, 4) is 33.4 Å². The molecule has 3 aliphatic rings. The zero-order valence-electron chi connectivity index (χ0n) is 30.5. The van der Waals surface area contributed by atoms with E-state index in [-0.39, 0.29) is 23.0 Å². The summed E-state index contributed by atoms with van der Waals surface area (Å²) in [6, 6.07) is 45.2. The highest BCUT2D eigenvalue weighted by Crippen LogP contribution is 2.53. The molecule has 8 aromatic carbocycles. The second kappa shape index (κ2) is 12.9. The van der Waals surface area contributed by atoms with Gasteiger partial charge in [0.05, 0.1) is 11.1 Å². The van der Waals surface area contributed by atoms with E-state index in [1.807, 2.05) is 72.8 Å². The smallest absolute Gasteiger partial charge is 0.134 e. The molecule has 0 spiro atoms. The molecule has 0 N–H and O–H groups in total. The van der Waals surface area contributed by atoms with Gasteiger partial charge in [0.25, 0.3) is 0 Å². The van der Waals surface area contributed by atoms with E-state index in [1.165, 1.54) is 47.5 Å². The summed E-state index contributed by atoms with van der Waals surface area (Å²) in [5, 5.41) is 3.41. The molecule has 8 aromatic rings. The van der Waals surface area contributed by atoms with Gasteiger partial charge in [-0.3, -0.25) is 0 Å². The molecule has 0 saturated heterocycles. The minimum Gasteiger partial charge on any atom is -0.206 e. The summed E-state index contributed by atoms with van der Waals surface area (Å²) in [7, 11) is 0. The predicted molar refractivity (Wildman–Crippen MR) is 223 cm³/mol. The second-order valence-electron chi connectivity index (χ2n) is 15.1. The van der Waals surface area contributed by atoms with Crippen molar-refractivity contribution < 1.29 is 17.6 Å². The Bertz CT molecular complexity index is 3010. The van der Waals surface area contributed by atoms with Crippen molar-refractivity contribution in [1.29, 1.82) is 0 Å². The van der Waals surface area contributed by atoms with Gasteiger partial charge >= 0.3 is 0 Å². The number of allylic oxidation sites excluding steroid dienone is 5. The van der Waals surface area contributed by atoms with Crippen LogP contribution in [0.2, 0.25) is 0 Å². The quantitative estimate of drug-likeness (QED) is 0.124. The molecule has 2 unspecified atom stereocenters. The molecule has 57 heavy (non-hydrogen) atoms. The van der Waals surface area contributed by atoms with Crippen molar-refractivity contribution in [3.63, 3.8) is 0 Å². The van der Waals surface area contributed by atoms with Gasteiger partial charge in [-0.2, -0.15) is 0 Å². The Labute approximate surface area is 327 Å². The number of hydrogen-bond donors (Lipinski definition) is 0. The Hall–Kier alpha value is -6.78. The van der Waals surface area contributed by atoms with Crippen LogP contribution in [0.25, 0.3) is 60.5 Å². The lowest BCUT2D eigenvalue weighted by Gasteiger charge is -2.37. The summed E-state index contributed by atoms with van der Waals surface area (Å²) < 4.78 is 62.1. The van der Waals surface area contributed by atoms with E-state index in [0.717, 1.165) is 72.5 Å². The van der Waals surface area contributed by atoms with Crippen LogP contribution in [-0.2, 0) is 6.42 Å². The zero-order valence-corrected chi connectivity index (χ0v) is 30.5. The van der Waals surface area contributed by atoms with E-state index in [1.54, 1.807) is 0 Å². The van der Waals surface area contributed by atoms with Gasteiger partial charge < -0.3 is 0 Å². The summed E-state index contributed by atoms with van der Waals surface area (Å²) in [6.45, 7) is 0. The fraction of sp³-hybridized carbons (Fsp3) is 0.0566.